The summed E-state index contributed by atoms with van der Waals surface area (Å²) in [5, 5.41) is 0. The normalized spacial score (nSPS) is 19.9. The number of Topliss-reactive ketones (excluding diaryl/α,β-unsaturated/α-hetero) is 5. The van der Waals surface area contributed by atoms with Gasteiger partial charge in [0, 0.05) is 24.7 Å². The molecule has 0 aromatic carbocycles. The molecule has 0 aromatic rings. The van der Waals surface area contributed by atoms with Gasteiger partial charge in [-0.3, -0.25) is 38.7 Å². The Morgan fingerprint density at radius 1 is 0.625 bits per heavy atom. The Balaban J connectivity index is 3.17. The van der Waals surface area contributed by atoms with Crippen LogP contribution in [0.5, 0.6) is 0 Å². The summed E-state index contributed by atoms with van der Waals surface area (Å²) >= 11 is 0. The monoisotopic (exact) mass is 451 g/mol. The highest BCUT2D eigenvalue weighted by molar-refractivity contribution is 5.81. The van der Waals surface area contributed by atoms with E-state index in [1.165, 1.54) is 27.7 Å². The van der Waals surface area contributed by atoms with Crippen molar-refractivity contribution in [2.75, 3.05) is 39.3 Å². The van der Waals surface area contributed by atoms with Crippen LogP contribution in [0.4, 0.5) is 0 Å². The summed E-state index contributed by atoms with van der Waals surface area (Å²) in [6.45, 7) is 11.2. The summed E-state index contributed by atoms with van der Waals surface area (Å²) in [6, 6.07) is -0.0961. The van der Waals surface area contributed by atoms with Crippen molar-refractivity contribution in [1.29, 1.82) is 0 Å². The van der Waals surface area contributed by atoms with Crippen molar-refractivity contribution < 1.29 is 24.0 Å². The van der Waals surface area contributed by atoms with E-state index in [0.717, 1.165) is 25.7 Å². The van der Waals surface area contributed by atoms with Gasteiger partial charge in [-0.2, -0.15) is 0 Å². The van der Waals surface area contributed by atoms with E-state index in [2.05, 4.69) is 4.90 Å². The van der Waals surface area contributed by atoms with Gasteiger partial charge in [0.15, 0.2) is 0 Å². The summed E-state index contributed by atoms with van der Waals surface area (Å²) < 4.78 is 0. The average Bonchev–Trinajstić information content (AvgIpc) is 2.64. The molecule has 1 fully saturated rings. The number of hydrogen-bond acceptors (Lipinski definition) is 8. The quantitative estimate of drug-likeness (QED) is 0.370. The Morgan fingerprint density at radius 3 is 1.34 bits per heavy atom. The van der Waals surface area contributed by atoms with Gasteiger partial charge in [-0.05, 0) is 54.4 Å². The Labute approximate surface area is 192 Å². The molecular formula is C24H41N3O5. The van der Waals surface area contributed by atoms with Gasteiger partial charge in [-0.15, -0.1) is 0 Å². The van der Waals surface area contributed by atoms with Crippen molar-refractivity contribution in [3.8, 4) is 0 Å². The number of rotatable bonds is 15. The molecule has 32 heavy (non-hydrogen) atoms. The number of carbonyl (C=O) groups is 5. The predicted octanol–water partition coefficient (Wildman–Crippen LogP) is 1.54. The van der Waals surface area contributed by atoms with Gasteiger partial charge in [0.25, 0.3) is 0 Å². The third-order valence-corrected chi connectivity index (χ3v) is 5.88. The van der Waals surface area contributed by atoms with Crippen molar-refractivity contribution in [1.82, 2.24) is 14.7 Å². The molecule has 0 bridgehead atoms. The van der Waals surface area contributed by atoms with E-state index < -0.39 is 0 Å². The number of ketones is 5. The van der Waals surface area contributed by atoms with Crippen LogP contribution in [0.25, 0.3) is 0 Å². The Hall–Kier alpha value is -1.77. The highest BCUT2D eigenvalue weighted by Gasteiger charge is 2.36. The largest absolute Gasteiger partial charge is 0.299 e. The second-order valence-corrected chi connectivity index (χ2v) is 9.52. The smallest absolute Gasteiger partial charge is 0.143 e. The lowest BCUT2D eigenvalue weighted by Gasteiger charge is -2.46. The molecule has 0 heterocycles. The fraction of sp³-hybridized carbons (Fsp3) is 0.792. The fourth-order valence-corrected chi connectivity index (χ4v) is 4.80. The van der Waals surface area contributed by atoms with E-state index in [4.69, 9.17) is 0 Å². The van der Waals surface area contributed by atoms with Gasteiger partial charge < -0.3 is 0 Å². The first-order chi connectivity index (χ1) is 14.9. The van der Waals surface area contributed by atoms with Gasteiger partial charge in [0.1, 0.15) is 28.9 Å². The third-order valence-electron chi connectivity index (χ3n) is 5.88. The van der Waals surface area contributed by atoms with Crippen LogP contribution < -0.4 is 0 Å². The van der Waals surface area contributed by atoms with Gasteiger partial charge in [-0.1, -0.05) is 12.8 Å². The minimum atomic E-state index is -0.112. The van der Waals surface area contributed by atoms with Gasteiger partial charge >= 0.3 is 0 Å². The average molecular weight is 452 g/mol. The lowest BCUT2D eigenvalue weighted by atomic mass is 9.87. The Bertz CT molecular complexity index is 661. The summed E-state index contributed by atoms with van der Waals surface area (Å²) in [5.41, 5.74) is 0. The highest BCUT2D eigenvalue weighted by Crippen LogP contribution is 2.28. The van der Waals surface area contributed by atoms with E-state index in [1.54, 1.807) is 6.92 Å². The lowest BCUT2D eigenvalue weighted by molar-refractivity contribution is -0.125. The van der Waals surface area contributed by atoms with Crippen LogP contribution >= 0.6 is 0 Å². The van der Waals surface area contributed by atoms with Crippen LogP contribution in [0.1, 0.15) is 67.2 Å². The van der Waals surface area contributed by atoms with Crippen molar-refractivity contribution in [3.63, 3.8) is 0 Å². The van der Waals surface area contributed by atoms with Gasteiger partial charge in [-0.25, -0.2) is 0 Å². The second-order valence-electron chi connectivity index (χ2n) is 9.52. The van der Waals surface area contributed by atoms with E-state index in [9.17, 15) is 24.0 Å². The molecule has 182 valence electrons. The lowest BCUT2D eigenvalue weighted by Crippen LogP contribution is -2.58. The van der Waals surface area contributed by atoms with Gasteiger partial charge in [0.2, 0.25) is 0 Å². The second kappa shape index (κ2) is 13.7. The zero-order chi connectivity index (χ0) is 24.4. The first kappa shape index (κ1) is 28.3. The number of carbonyl (C=O) groups excluding carboxylic acids is 5. The fourth-order valence-electron chi connectivity index (χ4n) is 4.80. The maximum atomic E-state index is 12.2. The molecule has 0 aromatic heterocycles. The maximum Gasteiger partial charge on any atom is 0.143 e. The molecule has 1 saturated carbocycles. The number of hydrogen-bond donors (Lipinski definition) is 0. The molecule has 8 heteroatoms. The third kappa shape index (κ3) is 10.2. The molecule has 0 N–H and O–H groups in total. The Kier molecular flexibility index (Phi) is 12.1. The molecular weight excluding hydrogens is 410 g/mol. The molecule has 3 atom stereocenters. The Morgan fingerprint density at radius 2 is 0.969 bits per heavy atom. The molecule has 0 saturated heterocycles. The molecule has 3 unspecified atom stereocenters. The molecule has 0 radical (unpaired) electrons. The summed E-state index contributed by atoms with van der Waals surface area (Å²) in [5.74, 6) is 0.0323. The summed E-state index contributed by atoms with van der Waals surface area (Å²) in [6.07, 6.45) is 3.76. The number of nitrogens with zero attached hydrogens (tertiary/aromatic N) is 3. The predicted molar refractivity (Wildman–Crippen MR) is 124 cm³/mol. The maximum absolute atomic E-state index is 12.2. The van der Waals surface area contributed by atoms with Crippen LogP contribution in [0, 0.1) is 0 Å². The zero-order valence-corrected chi connectivity index (χ0v) is 20.7. The zero-order valence-electron chi connectivity index (χ0n) is 20.7. The minimum Gasteiger partial charge on any atom is -0.299 e. The van der Waals surface area contributed by atoms with E-state index in [-0.39, 0.29) is 79.8 Å². The first-order valence-corrected chi connectivity index (χ1v) is 11.6. The molecule has 0 amide bonds. The van der Waals surface area contributed by atoms with Gasteiger partial charge in [0.05, 0.1) is 32.7 Å². The molecule has 1 aliphatic carbocycles. The van der Waals surface area contributed by atoms with Crippen LogP contribution in [-0.2, 0) is 24.0 Å². The van der Waals surface area contributed by atoms with E-state index in [1.807, 2.05) is 16.7 Å². The van der Waals surface area contributed by atoms with Crippen LogP contribution in [-0.4, -0.2) is 101 Å². The van der Waals surface area contributed by atoms with Crippen molar-refractivity contribution in [3.05, 3.63) is 0 Å². The molecule has 1 rings (SSSR count). The van der Waals surface area contributed by atoms with Crippen molar-refractivity contribution in [2.24, 2.45) is 0 Å². The topological polar surface area (TPSA) is 95.1 Å². The standard InChI is InChI=1S/C24H41N3O5/c1-17(25(12-18(2)28)13-19(3)29)11-26(14-20(4)30)23-9-7-8-10-24(23)27(15-21(5)31)16-22(6)32/h17,23-24H,7-16H2,1-6H3. The highest BCUT2D eigenvalue weighted by atomic mass is 16.1. The van der Waals surface area contributed by atoms with Crippen LogP contribution in [0.3, 0.4) is 0 Å². The molecule has 0 aliphatic heterocycles. The summed E-state index contributed by atoms with van der Waals surface area (Å²) in [7, 11) is 0. The van der Waals surface area contributed by atoms with E-state index in [0.29, 0.717) is 6.54 Å². The molecule has 0 spiro atoms. The summed E-state index contributed by atoms with van der Waals surface area (Å²) in [4.78, 5) is 65.5. The minimum absolute atomic E-state index is 0.00263. The van der Waals surface area contributed by atoms with E-state index >= 15 is 0 Å². The van der Waals surface area contributed by atoms with Crippen LogP contribution in [0.2, 0.25) is 0 Å². The van der Waals surface area contributed by atoms with Crippen molar-refractivity contribution >= 4 is 28.9 Å². The molecule has 8 nitrogen and oxygen atoms in total. The van der Waals surface area contributed by atoms with Crippen LogP contribution in [0.15, 0.2) is 0 Å². The van der Waals surface area contributed by atoms with Crippen molar-refractivity contribution in [2.45, 2.75) is 85.4 Å². The SMILES string of the molecule is CC(=O)CN(CC(C)=O)C(C)CN(CC(C)=O)C1CCCCC1N(CC(C)=O)CC(C)=O. The molecule has 1 aliphatic rings. The first-order valence-electron chi connectivity index (χ1n) is 11.6.